The fraction of sp³-hybridized carbons (Fsp3) is 0.200. The van der Waals surface area contributed by atoms with Crippen LogP contribution in [0.5, 0.6) is 5.75 Å². The van der Waals surface area contributed by atoms with Crippen molar-refractivity contribution in [2.45, 2.75) is 11.6 Å². The Balaban J connectivity index is 1.53. The van der Waals surface area contributed by atoms with Crippen molar-refractivity contribution in [1.29, 1.82) is 0 Å². The highest BCUT2D eigenvalue weighted by Gasteiger charge is 2.15. The zero-order chi connectivity index (χ0) is 22.4. The first kappa shape index (κ1) is 22.9. The van der Waals surface area contributed by atoms with Crippen LogP contribution in [0.15, 0.2) is 47.6 Å². The molecule has 162 valence electrons. The van der Waals surface area contributed by atoms with Crippen molar-refractivity contribution in [2.75, 3.05) is 23.5 Å². The first-order chi connectivity index (χ1) is 14.9. The molecule has 0 saturated carbocycles. The number of hydrogen-bond donors (Lipinski definition) is 2. The standard InChI is InChI=1S/C20H19Cl2N5O3S/c1-27-17(10-18(28)23-12-4-3-5-14(8-12)30-2)25-26-20(27)31-11-19(29)24-13-6-7-15(21)16(22)9-13/h3-9H,10-11H2,1-2H3,(H,23,28)(H,24,29). The van der Waals surface area contributed by atoms with E-state index in [9.17, 15) is 9.59 Å². The SMILES string of the molecule is COc1cccc(NC(=O)Cc2nnc(SCC(=O)Nc3ccc(Cl)c(Cl)c3)n2C)c1. The van der Waals surface area contributed by atoms with Crippen molar-refractivity contribution in [1.82, 2.24) is 14.8 Å². The fourth-order valence-electron chi connectivity index (χ4n) is 2.58. The lowest BCUT2D eigenvalue weighted by atomic mass is 10.3. The molecule has 1 heterocycles. The molecule has 11 heteroatoms. The molecule has 2 amide bonds. The van der Waals surface area contributed by atoms with Crippen LogP contribution in [0, 0.1) is 0 Å². The number of methoxy groups -OCH3 is 1. The van der Waals surface area contributed by atoms with Crippen molar-refractivity contribution >= 4 is 58.2 Å². The van der Waals surface area contributed by atoms with Gasteiger partial charge in [0, 0.05) is 24.5 Å². The Morgan fingerprint density at radius 1 is 1.03 bits per heavy atom. The van der Waals surface area contributed by atoms with Gasteiger partial charge in [0.2, 0.25) is 11.8 Å². The van der Waals surface area contributed by atoms with Gasteiger partial charge in [-0.05, 0) is 30.3 Å². The van der Waals surface area contributed by atoms with Gasteiger partial charge >= 0.3 is 0 Å². The summed E-state index contributed by atoms with van der Waals surface area (Å²) in [4.78, 5) is 24.5. The van der Waals surface area contributed by atoms with Gasteiger partial charge < -0.3 is 19.9 Å². The molecule has 31 heavy (non-hydrogen) atoms. The van der Waals surface area contributed by atoms with Gasteiger partial charge in [-0.15, -0.1) is 10.2 Å². The smallest absolute Gasteiger partial charge is 0.234 e. The second-order valence-corrected chi connectivity index (χ2v) is 8.14. The third-order valence-electron chi connectivity index (χ3n) is 4.13. The molecule has 0 unspecified atom stereocenters. The highest BCUT2D eigenvalue weighted by Crippen LogP contribution is 2.25. The number of anilines is 2. The summed E-state index contributed by atoms with van der Waals surface area (Å²) in [7, 11) is 3.30. The lowest BCUT2D eigenvalue weighted by molar-refractivity contribution is -0.116. The number of ether oxygens (including phenoxy) is 1. The van der Waals surface area contributed by atoms with Gasteiger partial charge in [-0.25, -0.2) is 0 Å². The van der Waals surface area contributed by atoms with Crippen LogP contribution >= 0.6 is 35.0 Å². The third-order valence-corrected chi connectivity index (χ3v) is 5.89. The summed E-state index contributed by atoms with van der Waals surface area (Å²) < 4.78 is 6.83. The summed E-state index contributed by atoms with van der Waals surface area (Å²) in [6.07, 6.45) is 0.0384. The first-order valence-electron chi connectivity index (χ1n) is 9.05. The van der Waals surface area contributed by atoms with E-state index >= 15 is 0 Å². The Bertz CT molecular complexity index is 1110. The Kier molecular flexibility index (Phi) is 7.78. The Hall–Kier alpha value is -2.75. The maximum atomic E-state index is 12.3. The first-order valence-corrected chi connectivity index (χ1v) is 10.8. The summed E-state index contributed by atoms with van der Waals surface area (Å²) >= 11 is 13.0. The molecule has 3 aromatic rings. The molecule has 2 aromatic carbocycles. The topological polar surface area (TPSA) is 98.1 Å². The number of nitrogens with one attached hydrogen (secondary N) is 2. The highest BCUT2D eigenvalue weighted by molar-refractivity contribution is 7.99. The van der Waals surface area contributed by atoms with Crippen LogP contribution in [0.4, 0.5) is 11.4 Å². The molecule has 0 atom stereocenters. The number of carbonyl (C=O) groups is 2. The largest absolute Gasteiger partial charge is 0.497 e. The number of halogens is 2. The van der Waals surface area contributed by atoms with Gasteiger partial charge in [0.1, 0.15) is 11.6 Å². The third kappa shape index (κ3) is 6.36. The highest BCUT2D eigenvalue weighted by atomic mass is 35.5. The van der Waals surface area contributed by atoms with E-state index in [0.29, 0.717) is 38.2 Å². The molecule has 1 aromatic heterocycles. The molecular weight excluding hydrogens is 461 g/mol. The van der Waals surface area contributed by atoms with Crippen molar-refractivity contribution in [3.05, 3.63) is 58.3 Å². The summed E-state index contributed by atoms with van der Waals surface area (Å²) in [5.41, 5.74) is 1.17. The van der Waals surface area contributed by atoms with Gasteiger partial charge in [0.25, 0.3) is 0 Å². The number of benzene rings is 2. The molecule has 0 aliphatic heterocycles. The maximum Gasteiger partial charge on any atom is 0.234 e. The Morgan fingerprint density at radius 2 is 1.77 bits per heavy atom. The van der Waals surface area contributed by atoms with Crippen molar-refractivity contribution in [3.8, 4) is 5.75 Å². The van der Waals surface area contributed by atoms with Crippen molar-refractivity contribution in [2.24, 2.45) is 7.05 Å². The van der Waals surface area contributed by atoms with Crippen LogP contribution in [-0.4, -0.2) is 39.4 Å². The minimum Gasteiger partial charge on any atom is -0.497 e. The predicted molar refractivity (Wildman–Crippen MR) is 122 cm³/mol. The van der Waals surface area contributed by atoms with E-state index in [0.717, 1.165) is 0 Å². The molecule has 0 aliphatic rings. The van der Waals surface area contributed by atoms with Crippen molar-refractivity contribution in [3.63, 3.8) is 0 Å². The summed E-state index contributed by atoms with van der Waals surface area (Å²) in [5.74, 6) is 0.769. The normalized spacial score (nSPS) is 10.6. The molecule has 0 spiro atoms. The summed E-state index contributed by atoms with van der Waals surface area (Å²) in [6, 6.07) is 11.9. The fourth-order valence-corrected chi connectivity index (χ4v) is 3.60. The minimum absolute atomic E-state index is 0.0384. The molecule has 8 nitrogen and oxygen atoms in total. The van der Waals surface area contributed by atoms with Gasteiger partial charge in [-0.3, -0.25) is 9.59 Å². The van der Waals surface area contributed by atoms with Gasteiger partial charge in [-0.1, -0.05) is 41.0 Å². The van der Waals surface area contributed by atoms with E-state index in [2.05, 4.69) is 20.8 Å². The van der Waals surface area contributed by atoms with Crippen LogP contribution in [0.1, 0.15) is 5.82 Å². The molecule has 3 rings (SSSR count). The Morgan fingerprint density at radius 3 is 2.52 bits per heavy atom. The predicted octanol–water partition coefficient (Wildman–Crippen LogP) is 4.04. The lowest BCUT2D eigenvalue weighted by Gasteiger charge is -2.08. The monoisotopic (exact) mass is 479 g/mol. The van der Waals surface area contributed by atoms with E-state index in [1.54, 1.807) is 61.2 Å². The molecule has 0 aliphatic carbocycles. The number of thioether (sulfide) groups is 1. The maximum absolute atomic E-state index is 12.3. The number of amides is 2. The molecular formula is C20H19Cl2N5O3S. The molecule has 0 saturated heterocycles. The summed E-state index contributed by atoms with van der Waals surface area (Å²) in [6.45, 7) is 0. The van der Waals surface area contributed by atoms with Gasteiger partial charge in [0.15, 0.2) is 5.16 Å². The summed E-state index contributed by atoms with van der Waals surface area (Å²) in [5, 5.41) is 15.0. The van der Waals surface area contributed by atoms with Gasteiger partial charge in [0.05, 0.1) is 29.3 Å². The number of carbonyl (C=O) groups excluding carboxylic acids is 2. The van der Waals surface area contributed by atoms with Crippen LogP contribution in [0.2, 0.25) is 10.0 Å². The average Bonchev–Trinajstić information content (AvgIpc) is 3.08. The molecule has 0 radical (unpaired) electrons. The number of aromatic nitrogens is 3. The van der Waals surface area contributed by atoms with E-state index in [-0.39, 0.29) is 24.0 Å². The van der Waals surface area contributed by atoms with E-state index in [1.165, 1.54) is 11.8 Å². The molecule has 0 bridgehead atoms. The van der Waals surface area contributed by atoms with Crippen LogP contribution < -0.4 is 15.4 Å². The zero-order valence-electron chi connectivity index (χ0n) is 16.7. The van der Waals surface area contributed by atoms with Gasteiger partial charge in [-0.2, -0.15) is 0 Å². The second-order valence-electron chi connectivity index (χ2n) is 6.38. The van der Waals surface area contributed by atoms with E-state index in [4.69, 9.17) is 27.9 Å². The van der Waals surface area contributed by atoms with E-state index < -0.39 is 0 Å². The average molecular weight is 480 g/mol. The van der Waals surface area contributed by atoms with Crippen molar-refractivity contribution < 1.29 is 14.3 Å². The van der Waals surface area contributed by atoms with E-state index in [1.807, 2.05) is 0 Å². The molecule has 2 N–H and O–H groups in total. The number of rotatable bonds is 8. The quantitative estimate of drug-likeness (QED) is 0.473. The van der Waals surface area contributed by atoms with Crippen LogP contribution in [0.25, 0.3) is 0 Å². The van der Waals surface area contributed by atoms with Crippen LogP contribution in [-0.2, 0) is 23.1 Å². The lowest BCUT2D eigenvalue weighted by Crippen LogP contribution is -2.17. The number of nitrogens with zero attached hydrogens (tertiary/aromatic N) is 3. The number of hydrogen-bond acceptors (Lipinski definition) is 6. The minimum atomic E-state index is -0.238. The second kappa shape index (κ2) is 10.5. The Labute approximate surface area is 193 Å². The van der Waals surface area contributed by atoms with Crippen LogP contribution in [0.3, 0.4) is 0 Å². The molecule has 0 fully saturated rings. The zero-order valence-corrected chi connectivity index (χ0v) is 19.0.